The number of nitrogens with one attached hydrogen (secondary N) is 1. The highest BCUT2D eigenvalue weighted by molar-refractivity contribution is 6.45. The van der Waals surface area contributed by atoms with Gasteiger partial charge in [0.1, 0.15) is 5.71 Å². The third-order valence-corrected chi connectivity index (χ3v) is 2.26. The summed E-state index contributed by atoms with van der Waals surface area (Å²) in [6.45, 7) is 1.55. The SMILES string of the molecule is CCC(=O)C(=N)c1cc(C(=O)O)cc([N+](=O)[O-])c1. The molecule has 0 heterocycles. The molecule has 7 nitrogen and oxygen atoms in total. The standard InChI is InChI=1S/C11H10N2O5/c1-2-9(14)10(12)6-3-7(11(15)16)5-8(4-6)13(17)18/h3-5,12H,2H2,1H3,(H,15,16). The van der Waals surface area contributed by atoms with E-state index in [4.69, 9.17) is 10.5 Å². The van der Waals surface area contributed by atoms with E-state index in [0.29, 0.717) is 0 Å². The maximum Gasteiger partial charge on any atom is 0.335 e. The Morgan fingerprint density at radius 1 is 1.33 bits per heavy atom. The molecule has 0 bridgehead atoms. The van der Waals surface area contributed by atoms with Crippen LogP contribution in [0.25, 0.3) is 0 Å². The van der Waals surface area contributed by atoms with Gasteiger partial charge in [0.05, 0.1) is 10.5 Å². The highest BCUT2D eigenvalue weighted by Gasteiger charge is 2.18. The van der Waals surface area contributed by atoms with Crippen LogP contribution in [0.15, 0.2) is 18.2 Å². The molecule has 0 saturated heterocycles. The Morgan fingerprint density at radius 3 is 2.33 bits per heavy atom. The molecule has 0 aromatic heterocycles. The van der Waals surface area contributed by atoms with E-state index in [1.807, 2.05) is 0 Å². The number of rotatable bonds is 5. The van der Waals surface area contributed by atoms with Gasteiger partial charge in [0.25, 0.3) is 5.69 Å². The van der Waals surface area contributed by atoms with Gasteiger partial charge < -0.3 is 5.11 Å². The van der Waals surface area contributed by atoms with E-state index in [9.17, 15) is 19.7 Å². The number of nitro benzene ring substituents is 1. The molecule has 0 aliphatic carbocycles. The predicted octanol–water partition coefficient (Wildman–Crippen LogP) is 1.64. The summed E-state index contributed by atoms with van der Waals surface area (Å²) in [5, 5.41) is 27.0. The average Bonchev–Trinajstić information content (AvgIpc) is 2.36. The van der Waals surface area contributed by atoms with Gasteiger partial charge >= 0.3 is 5.97 Å². The minimum absolute atomic E-state index is 0.0616. The van der Waals surface area contributed by atoms with Crippen LogP contribution in [-0.2, 0) is 4.79 Å². The lowest BCUT2D eigenvalue weighted by Crippen LogP contribution is -2.14. The summed E-state index contributed by atoms with van der Waals surface area (Å²) in [4.78, 5) is 32.0. The lowest BCUT2D eigenvalue weighted by Gasteiger charge is -2.03. The number of non-ortho nitro benzene ring substituents is 1. The number of hydrogen-bond donors (Lipinski definition) is 2. The second-order valence-electron chi connectivity index (χ2n) is 3.48. The molecule has 0 atom stereocenters. The van der Waals surface area contributed by atoms with Crippen molar-refractivity contribution in [3.8, 4) is 0 Å². The molecule has 0 unspecified atom stereocenters. The quantitative estimate of drug-likeness (QED) is 0.467. The maximum absolute atomic E-state index is 11.3. The van der Waals surface area contributed by atoms with Crippen LogP contribution in [0.5, 0.6) is 0 Å². The topological polar surface area (TPSA) is 121 Å². The Bertz CT molecular complexity index is 518. The number of carboxylic acid groups (broad SMARTS) is 1. The molecular weight excluding hydrogens is 240 g/mol. The largest absolute Gasteiger partial charge is 0.478 e. The second-order valence-corrected chi connectivity index (χ2v) is 3.48. The average molecular weight is 250 g/mol. The van der Waals surface area contributed by atoms with Gasteiger partial charge in [-0.3, -0.25) is 20.3 Å². The van der Waals surface area contributed by atoms with Crippen molar-refractivity contribution in [3.63, 3.8) is 0 Å². The second kappa shape index (κ2) is 5.17. The molecule has 0 aliphatic rings. The molecule has 94 valence electrons. The van der Waals surface area contributed by atoms with Crippen molar-refractivity contribution in [2.45, 2.75) is 13.3 Å². The molecule has 0 amide bonds. The summed E-state index contributed by atoms with van der Waals surface area (Å²) in [5.74, 6) is -1.86. The summed E-state index contributed by atoms with van der Waals surface area (Å²) >= 11 is 0. The lowest BCUT2D eigenvalue weighted by molar-refractivity contribution is -0.384. The third-order valence-electron chi connectivity index (χ3n) is 2.26. The minimum Gasteiger partial charge on any atom is -0.478 e. The highest BCUT2D eigenvalue weighted by atomic mass is 16.6. The molecule has 0 spiro atoms. The summed E-state index contributed by atoms with van der Waals surface area (Å²) in [5.41, 5.74) is -1.27. The maximum atomic E-state index is 11.3. The molecule has 0 fully saturated rings. The van der Waals surface area contributed by atoms with Crippen LogP contribution < -0.4 is 0 Å². The van der Waals surface area contributed by atoms with E-state index in [2.05, 4.69) is 0 Å². The van der Waals surface area contributed by atoms with Gasteiger partial charge in [-0.2, -0.15) is 0 Å². The van der Waals surface area contributed by atoms with Crippen molar-refractivity contribution in [1.82, 2.24) is 0 Å². The molecule has 1 aromatic rings. The summed E-state index contributed by atoms with van der Waals surface area (Å²) < 4.78 is 0. The smallest absolute Gasteiger partial charge is 0.335 e. The van der Waals surface area contributed by atoms with E-state index in [0.717, 1.165) is 18.2 Å². The molecule has 2 N–H and O–H groups in total. The number of carboxylic acids is 1. The van der Waals surface area contributed by atoms with Crippen molar-refractivity contribution in [3.05, 3.63) is 39.4 Å². The van der Waals surface area contributed by atoms with E-state index >= 15 is 0 Å². The molecule has 0 radical (unpaired) electrons. The van der Waals surface area contributed by atoms with E-state index in [1.165, 1.54) is 0 Å². The van der Waals surface area contributed by atoms with Gasteiger partial charge in [-0.15, -0.1) is 0 Å². The summed E-state index contributed by atoms with van der Waals surface area (Å²) in [6, 6.07) is 2.98. The minimum atomic E-state index is -1.35. The third kappa shape index (κ3) is 2.76. The van der Waals surface area contributed by atoms with Gasteiger partial charge in [-0.25, -0.2) is 4.79 Å². The van der Waals surface area contributed by atoms with Gasteiger partial charge in [0.15, 0.2) is 5.78 Å². The fraction of sp³-hybridized carbons (Fsp3) is 0.182. The zero-order valence-electron chi connectivity index (χ0n) is 9.47. The lowest BCUT2D eigenvalue weighted by atomic mass is 10.0. The highest BCUT2D eigenvalue weighted by Crippen LogP contribution is 2.18. The van der Waals surface area contributed by atoms with Crippen molar-refractivity contribution in [2.75, 3.05) is 0 Å². The number of ketones is 1. The Labute approximate surface area is 102 Å². The predicted molar refractivity (Wildman–Crippen MR) is 62.2 cm³/mol. The Balaban J connectivity index is 3.36. The van der Waals surface area contributed by atoms with Crippen LogP contribution >= 0.6 is 0 Å². The first-order valence-corrected chi connectivity index (χ1v) is 5.01. The molecule has 1 aromatic carbocycles. The van der Waals surface area contributed by atoms with Gasteiger partial charge in [-0.1, -0.05) is 6.92 Å². The van der Waals surface area contributed by atoms with Crippen LogP contribution in [0.3, 0.4) is 0 Å². The number of nitro groups is 1. The fourth-order valence-electron chi connectivity index (χ4n) is 1.32. The molecule has 0 saturated carbocycles. The zero-order valence-corrected chi connectivity index (χ0v) is 9.47. The van der Waals surface area contributed by atoms with Crippen LogP contribution in [0.4, 0.5) is 5.69 Å². The number of benzene rings is 1. The molecule has 18 heavy (non-hydrogen) atoms. The molecule has 7 heteroatoms. The van der Waals surface area contributed by atoms with Crippen molar-refractivity contribution in [1.29, 1.82) is 5.41 Å². The van der Waals surface area contributed by atoms with Crippen LogP contribution in [0, 0.1) is 15.5 Å². The first-order chi connectivity index (χ1) is 8.36. The Hall–Kier alpha value is -2.57. The van der Waals surface area contributed by atoms with Crippen molar-refractivity contribution >= 4 is 23.2 Å². The number of nitrogens with zero attached hydrogens (tertiary/aromatic N) is 1. The number of carbonyl (C=O) groups excluding carboxylic acids is 1. The molecule has 1 rings (SSSR count). The fourth-order valence-corrected chi connectivity index (χ4v) is 1.32. The summed E-state index contributed by atoms with van der Waals surface area (Å²) in [6.07, 6.45) is 0.0733. The van der Waals surface area contributed by atoms with Crippen LogP contribution in [0.1, 0.15) is 29.3 Å². The Morgan fingerprint density at radius 2 is 1.89 bits per heavy atom. The van der Waals surface area contributed by atoms with E-state index in [-0.39, 0.29) is 17.5 Å². The van der Waals surface area contributed by atoms with Gasteiger partial charge in [-0.05, 0) is 6.07 Å². The summed E-state index contributed by atoms with van der Waals surface area (Å²) in [7, 11) is 0. The van der Waals surface area contributed by atoms with Crippen molar-refractivity contribution < 1.29 is 19.6 Å². The first kappa shape index (κ1) is 13.5. The first-order valence-electron chi connectivity index (χ1n) is 5.01. The normalized spacial score (nSPS) is 9.83. The number of Topliss-reactive ketones (excluding diaryl/α,β-unsaturated/α-hetero) is 1. The van der Waals surface area contributed by atoms with Crippen LogP contribution in [0.2, 0.25) is 0 Å². The van der Waals surface area contributed by atoms with Gasteiger partial charge in [0, 0.05) is 24.1 Å². The van der Waals surface area contributed by atoms with Gasteiger partial charge in [0.2, 0.25) is 0 Å². The molecule has 0 aliphatic heterocycles. The zero-order chi connectivity index (χ0) is 13.9. The van der Waals surface area contributed by atoms with Crippen LogP contribution in [-0.4, -0.2) is 27.5 Å². The van der Waals surface area contributed by atoms with E-state index in [1.54, 1.807) is 6.92 Å². The molecular formula is C11H10N2O5. The number of hydrogen-bond acceptors (Lipinski definition) is 5. The monoisotopic (exact) mass is 250 g/mol. The number of carbonyl (C=O) groups is 2. The van der Waals surface area contributed by atoms with E-state index < -0.39 is 28.1 Å². The van der Waals surface area contributed by atoms with Crippen molar-refractivity contribution in [2.24, 2.45) is 0 Å². The number of aromatic carboxylic acids is 1. The Kier molecular flexibility index (Phi) is 3.88.